The van der Waals surface area contributed by atoms with E-state index in [1.165, 1.54) is 0 Å². The van der Waals surface area contributed by atoms with Gasteiger partial charge in [-0.2, -0.15) is 5.10 Å². The lowest BCUT2D eigenvalue weighted by atomic mass is 10.2. The first-order valence-corrected chi connectivity index (χ1v) is 9.17. The van der Waals surface area contributed by atoms with E-state index in [2.05, 4.69) is 15.4 Å². The fourth-order valence-corrected chi connectivity index (χ4v) is 3.78. The number of nitrogens with zero attached hydrogens (tertiary/aromatic N) is 4. The van der Waals surface area contributed by atoms with Crippen LogP contribution in [0.25, 0.3) is 0 Å². The number of nitrogens with one attached hydrogen (secondary N) is 1. The summed E-state index contributed by atoms with van der Waals surface area (Å²) in [6.07, 6.45) is 3.94. The van der Waals surface area contributed by atoms with Crippen LogP contribution in [-0.2, 0) is 24.1 Å². The Morgan fingerprint density at radius 1 is 1.15 bits per heavy atom. The Morgan fingerprint density at radius 2 is 1.96 bits per heavy atom. The first-order valence-electron chi connectivity index (χ1n) is 9.17. The van der Waals surface area contributed by atoms with Crippen LogP contribution in [0, 0.1) is 6.92 Å². The van der Waals surface area contributed by atoms with E-state index in [9.17, 15) is 9.59 Å². The van der Waals surface area contributed by atoms with Crippen molar-refractivity contribution >= 4 is 11.8 Å². The third-order valence-corrected chi connectivity index (χ3v) is 5.15. The molecule has 2 aromatic rings. The van der Waals surface area contributed by atoms with Crippen LogP contribution >= 0.6 is 0 Å². The number of hydrogen-bond donors (Lipinski definition) is 1. The molecule has 1 saturated heterocycles. The highest BCUT2D eigenvalue weighted by atomic mass is 16.5. The van der Waals surface area contributed by atoms with Crippen LogP contribution < -0.4 is 0 Å². The number of hydrogen-bond acceptors (Lipinski definition) is 5. The van der Waals surface area contributed by atoms with Crippen molar-refractivity contribution < 1.29 is 14.1 Å². The molecule has 0 unspecified atom stereocenters. The minimum absolute atomic E-state index is 0.0103. The van der Waals surface area contributed by atoms with Gasteiger partial charge in [-0.1, -0.05) is 5.16 Å². The lowest BCUT2D eigenvalue weighted by Crippen LogP contribution is -2.38. The van der Waals surface area contributed by atoms with Crippen molar-refractivity contribution in [3.8, 4) is 0 Å². The minimum Gasteiger partial charge on any atom is -0.361 e. The summed E-state index contributed by atoms with van der Waals surface area (Å²) < 4.78 is 5.13. The summed E-state index contributed by atoms with van der Waals surface area (Å²) in [6.45, 7) is 4.19. The van der Waals surface area contributed by atoms with Gasteiger partial charge < -0.3 is 14.3 Å². The maximum Gasteiger partial charge on any atom is 0.274 e. The Bertz CT molecular complexity index is 825. The molecule has 0 radical (unpaired) electrons. The van der Waals surface area contributed by atoms with Gasteiger partial charge in [0, 0.05) is 43.5 Å². The van der Waals surface area contributed by atoms with Crippen molar-refractivity contribution in [2.24, 2.45) is 0 Å². The number of aromatic amines is 1. The van der Waals surface area contributed by atoms with Gasteiger partial charge in [-0.05, 0) is 32.6 Å². The Balaban J connectivity index is 1.38. The van der Waals surface area contributed by atoms with Gasteiger partial charge in [0.1, 0.15) is 5.76 Å². The molecule has 8 heteroatoms. The predicted octanol–water partition coefficient (Wildman–Crippen LogP) is 1.11. The van der Waals surface area contributed by atoms with E-state index >= 15 is 0 Å². The molecule has 2 aromatic heterocycles. The van der Waals surface area contributed by atoms with E-state index in [0.717, 1.165) is 42.6 Å². The SMILES string of the molecule is Cc1cc(CC(=O)N2CCCN(C(=O)c3n[nH]c4c3CCC4)CC2)on1. The topological polar surface area (TPSA) is 95.3 Å². The van der Waals surface area contributed by atoms with E-state index in [1.54, 1.807) is 11.0 Å². The maximum atomic E-state index is 12.9. The lowest BCUT2D eigenvalue weighted by Gasteiger charge is -2.21. The minimum atomic E-state index is -0.0236. The van der Waals surface area contributed by atoms with Crippen LogP contribution in [0.2, 0.25) is 0 Å². The number of aryl methyl sites for hydroxylation is 2. The van der Waals surface area contributed by atoms with Crippen molar-refractivity contribution in [1.82, 2.24) is 25.2 Å². The summed E-state index contributed by atoms with van der Waals surface area (Å²) in [6, 6.07) is 1.78. The molecule has 0 atom stereocenters. The molecule has 2 amide bonds. The summed E-state index contributed by atoms with van der Waals surface area (Å²) in [5, 5.41) is 11.1. The molecule has 1 aliphatic carbocycles. The molecule has 1 N–H and O–H groups in total. The molecule has 0 spiro atoms. The van der Waals surface area contributed by atoms with E-state index in [1.807, 2.05) is 11.8 Å². The van der Waals surface area contributed by atoms with E-state index in [-0.39, 0.29) is 18.2 Å². The molecule has 138 valence electrons. The Labute approximate surface area is 151 Å². The van der Waals surface area contributed by atoms with Gasteiger partial charge in [-0.25, -0.2) is 0 Å². The molecule has 1 aliphatic heterocycles. The van der Waals surface area contributed by atoms with E-state index in [0.29, 0.717) is 37.6 Å². The van der Waals surface area contributed by atoms with Crippen LogP contribution in [0.5, 0.6) is 0 Å². The molecule has 0 aromatic carbocycles. The van der Waals surface area contributed by atoms with Crippen LogP contribution in [0.4, 0.5) is 0 Å². The van der Waals surface area contributed by atoms with Gasteiger partial charge in [0.2, 0.25) is 5.91 Å². The van der Waals surface area contributed by atoms with Crippen molar-refractivity contribution in [3.63, 3.8) is 0 Å². The van der Waals surface area contributed by atoms with Crippen molar-refractivity contribution in [2.45, 2.75) is 39.0 Å². The van der Waals surface area contributed by atoms with Crippen LogP contribution in [-0.4, -0.2) is 63.1 Å². The zero-order valence-corrected chi connectivity index (χ0v) is 15.0. The monoisotopic (exact) mass is 357 g/mol. The van der Waals surface area contributed by atoms with Crippen molar-refractivity contribution in [2.75, 3.05) is 26.2 Å². The van der Waals surface area contributed by atoms with Crippen LogP contribution in [0.3, 0.4) is 0 Å². The first kappa shape index (κ1) is 16.8. The first-order chi connectivity index (χ1) is 12.6. The highest BCUT2D eigenvalue weighted by Gasteiger charge is 2.28. The molecule has 2 aliphatic rings. The Kier molecular flexibility index (Phi) is 4.48. The molecule has 3 heterocycles. The molecule has 8 nitrogen and oxygen atoms in total. The van der Waals surface area contributed by atoms with Gasteiger partial charge in [-0.15, -0.1) is 0 Å². The number of rotatable bonds is 3. The standard InChI is InChI=1S/C18H23N5O3/c1-12-10-13(26-21-12)11-16(24)22-6-3-7-23(9-8-22)18(25)17-14-4-2-5-15(14)19-20-17/h10H,2-9,11H2,1H3,(H,19,20). The third kappa shape index (κ3) is 3.23. The fourth-order valence-electron chi connectivity index (χ4n) is 3.78. The maximum absolute atomic E-state index is 12.9. The highest BCUT2D eigenvalue weighted by Crippen LogP contribution is 2.24. The number of aromatic nitrogens is 3. The molecule has 0 bridgehead atoms. The second kappa shape index (κ2) is 6.93. The zero-order chi connectivity index (χ0) is 18.1. The quantitative estimate of drug-likeness (QED) is 0.888. The molecule has 4 rings (SSSR count). The van der Waals surface area contributed by atoms with Gasteiger partial charge in [0.15, 0.2) is 5.69 Å². The smallest absolute Gasteiger partial charge is 0.274 e. The third-order valence-electron chi connectivity index (χ3n) is 5.15. The van der Waals surface area contributed by atoms with E-state index in [4.69, 9.17) is 4.52 Å². The fraction of sp³-hybridized carbons (Fsp3) is 0.556. The summed E-state index contributed by atoms with van der Waals surface area (Å²) >= 11 is 0. The number of carbonyl (C=O) groups excluding carboxylic acids is 2. The number of carbonyl (C=O) groups is 2. The second-order valence-corrected chi connectivity index (χ2v) is 7.02. The summed E-state index contributed by atoms with van der Waals surface area (Å²) in [5.74, 6) is 0.567. The lowest BCUT2D eigenvalue weighted by molar-refractivity contribution is -0.130. The van der Waals surface area contributed by atoms with Crippen LogP contribution in [0.15, 0.2) is 10.6 Å². The predicted molar refractivity (Wildman–Crippen MR) is 92.7 cm³/mol. The van der Waals surface area contributed by atoms with E-state index < -0.39 is 0 Å². The summed E-state index contributed by atoms with van der Waals surface area (Å²) in [7, 11) is 0. The van der Waals surface area contributed by atoms with Gasteiger partial charge in [0.25, 0.3) is 5.91 Å². The molecular formula is C18H23N5O3. The normalized spacial score (nSPS) is 17.3. The molecular weight excluding hydrogens is 334 g/mol. The van der Waals surface area contributed by atoms with Gasteiger partial charge in [-0.3, -0.25) is 14.7 Å². The number of amides is 2. The summed E-state index contributed by atoms with van der Waals surface area (Å²) in [4.78, 5) is 29.0. The van der Waals surface area contributed by atoms with Crippen LogP contribution in [0.1, 0.15) is 46.0 Å². The summed E-state index contributed by atoms with van der Waals surface area (Å²) in [5.41, 5.74) is 3.51. The molecule has 26 heavy (non-hydrogen) atoms. The second-order valence-electron chi connectivity index (χ2n) is 7.02. The highest BCUT2D eigenvalue weighted by molar-refractivity contribution is 5.94. The van der Waals surface area contributed by atoms with Crippen molar-refractivity contribution in [1.29, 1.82) is 0 Å². The Hall–Kier alpha value is -2.64. The molecule has 1 fully saturated rings. The number of fused-ring (bicyclic) bond motifs is 1. The number of H-pyrrole nitrogens is 1. The van der Waals surface area contributed by atoms with Gasteiger partial charge in [0.05, 0.1) is 12.1 Å². The zero-order valence-electron chi connectivity index (χ0n) is 15.0. The Morgan fingerprint density at radius 3 is 2.77 bits per heavy atom. The van der Waals surface area contributed by atoms with Crippen molar-refractivity contribution in [3.05, 3.63) is 34.5 Å². The van der Waals surface area contributed by atoms with Gasteiger partial charge >= 0.3 is 0 Å². The average molecular weight is 357 g/mol. The molecule has 0 saturated carbocycles. The average Bonchev–Trinajstić information content (AvgIpc) is 3.27. The largest absolute Gasteiger partial charge is 0.361 e.